The molecule has 0 saturated heterocycles. The predicted molar refractivity (Wildman–Crippen MR) is 116 cm³/mol. The highest BCUT2D eigenvalue weighted by Crippen LogP contribution is 2.66. The van der Waals surface area contributed by atoms with Gasteiger partial charge in [-0.2, -0.15) is 0 Å². The number of halogens is 1. The van der Waals surface area contributed by atoms with Crippen molar-refractivity contribution in [2.24, 2.45) is 34.5 Å². The lowest BCUT2D eigenvalue weighted by atomic mass is 9.45. The van der Waals surface area contributed by atoms with Gasteiger partial charge in [0.25, 0.3) is 0 Å². The summed E-state index contributed by atoms with van der Waals surface area (Å²) in [5.41, 5.74) is 2.40. The molecule has 5 rings (SSSR count). The third kappa shape index (κ3) is 2.68. The van der Waals surface area contributed by atoms with E-state index >= 15 is 0 Å². The zero-order valence-electron chi connectivity index (χ0n) is 17.3. The highest BCUT2D eigenvalue weighted by Gasteiger charge is 2.60. The van der Waals surface area contributed by atoms with E-state index < -0.39 is 0 Å². The summed E-state index contributed by atoms with van der Waals surface area (Å²) < 4.78 is 0. The van der Waals surface area contributed by atoms with Crippen molar-refractivity contribution in [2.75, 3.05) is 0 Å². The van der Waals surface area contributed by atoms with Crippen LogP contribution in [0.4, 0.5) is 0 Å². The maximum absolute atomic E-state index is 13.5. The molecule has 0 amide bonds. The Kier molecular flexibility index (Phi) is 4.54. The van der Waals surface area contributed by atoms with Crippen LogP contribution in [-0.4, -0.2) is 5.78 Å². The van der Waals surface area contributed by atoms with Gasteiger partial charge in [-0.05, 0) is 97.3 Å². The van der Waals surface area contributed by atoms with Crippen LogP contribution < -0.4 is 0 Å². The number of hydrogen-bond acceptors (Lipinski definition) is 1. The molecule has 0 heterocycles. The highest BCUT2D eigenvalue weighted by molar-refractivity contribution is 6.32. The minimum atomic E-state index is -0.147. The average Bonchev–Trinajstić information content (AvgIpc) is 2.94. The Morgan fingerprint density at radius 1 is 1.00 bits per heavy atom. The molecule has 2 heteroatoms. The van der Waals surface area contributed by atoms with Gasteiger partial charge in [0, 0.05) is 10.4 Å². The van der Waals surface area contributed by atoms with Crippen molar-refractivity contribution in [1.82, 2.24) is 0 Å². The fraction of sp³-hybridized carbons (Fsp3) is 0.654. The predicted octanol–water partition coefficient (Wildman–Crippen LogP) is 7.34. The molecule has 0 bridgehead atoms. The molecule has 150 valence electrons. The minimum absolute atomic E-state index is 0.147. The van der Waals surface area contributed by atoms with Crippen LogP contribution in [0.1, 0.15) is 77.2 Å². The van der Waals surface area contributed by atoms with Crippen LogP contribution in [0.2, 0.25) is 5.02 Å². The fourth-order valence-electron chi connectivity index (χ4n) is 7.87. The van der Waals surface area contributed by atoms with E-state index in [1.165, 1.54) is 44.9 Å². The van der Waals surface area contributed by atoms with Crippen LogP contribution >= 0.6 is 11.6 Å². The summed E-state index contributed by atoms with van der Waals surface area (Å²) in [6, 6.07) is 7.91. The lowest BCUT2D eigenvalue weighted by Crippen LogP contribution is -2.52. The van der Waals surface area contributed by atoms with Crippen LogP contribution in [0.5, 0.6) is 0 Å². The first-order valence-corrected chi connectivity index (χ1v) is 11.8. The van der Waals surface area contributed by atoms with Gasteiger partial charge >= 0.3 is 0 Å². The number of hydrogen-bond donors (Lipinski definition) is 0. The van der Waals surface area contributed by atoms with Gasteiger partial charge in [-0.15, -0.1) is 0 Å². The maximum Gasteiger partial charge on any atom is 0.165 e. The van der Waals surface area contributed by atoms with Crippen LogP contribution in [0.25, 0.3) is 6.08 Å². The van der Waals surface area contributed by atoms with E-state index in [2.05, 4.69) is 19.9 Å². The van der Waals surface area contributed by atoms with Crippen molar-refractivity contribution in [1.29, 1.82) is 0 Å². The molecule has 0 aliphatic heterocycles. The van der Waals surface area contributed by atoms with Crippen LogP contribution in [0.3, 0.4) is 0 Å². The first kappa shape index (κ1) is 18.9. The number of Topliss-reactive ketones (excluding diaryl/α,β-unsaturated/α-hetero) is 1. The third-order valence-electron chi connectivity index (χ3n) is 9.46. The number of allylic oxidation sites excluding steroid dienone is 1. The first-order chi connectivity index (χ1) is 13.4. The van der Waals surface area contributed by atoms with Gasteiger partial charge in [0.05, 0.1) is 0 Å². The Morgan fingerprint density at radius 3 is 2.64 bits per heavy atom. The number of carbonyl (C=O) groups is 1. The number of ketones is 1. The number of benzene rings is 1. The van der Waals surface area contributed by atoms with E-state index in [9.17, 15) is 4.79 Å². The van der Waals surface area contributed by atoms with Gasteiger partial charge < -0.3 is 0 Å². The van der Waals surface area contributed by atoms with Crippen molar-refractivity contribution in [3.05, 3.63) is 40.4 Å². The summed E-state index contributed by atoms with van der Waals surface area (Å²) >= 11 is 6.39. The average molecular weight is 397 g/mol. The van der Waals surface area contributed by atoms with Gasteiger partial charge in [0.1, 0.15) is 0 Å². The number of rotatable bonds is 1. The Hall–Kier alpha value is -1.08. The van der Waals surface area contributed by atoms with Crippen molar-refractivity contribution in [2.45, 2.75) is 71.6 Å². The van der Waals surface area contributed by atoms with Gasteiger partial charge in [0.2, 0.25) is 0 Å². The van der Waals surface area contributed by atoms with Gasteiger partial charge in [0.15, 0.2) is 5.78 Å². The third-order valence-corrected chi connectivity index (χ3v) is 9.80. The molecule has 0 radical (unpaired) electrons. The lowest BCUT2D eigenvalue weighted by Gasteiger charge is -2.59. The topological polar surface area (TPSA) is 17.1 Å². The van der Waals surface area contributed by atoms with E-state index in [-0.39, 0.29) is 5.41 Å². The molecule has 4 aliphatic rings. The van der Waals surface area contributed by atoms with Crippen LogP contribution in [-0.2, 0) is 4.79 Å². The molecule has 1 aromatic carbocycles. The Balaban J connectivity index is 1.48. The summed E-state index contributed by atoms with van der Waals surface area (Å²) in [7, 11) is 0. The van der Waals surface area contributed by atoms with Gasteiger partial charge in [-0.1, -0.05) is 56.5 Å². The Morgan fingerprint density at radius 2 is 1.82 bits per heavy atom. The van der Waals surface area contributed by atoms with Crippen LogP contribution in [0, 0.1) is 34.5 Å². The van der Waals surface area contributed by atoms with Gasteiger partial charge in [-0.25, -0.2) is 0 Å². The zero-order valence-corrected chi connectivity index (χ0v) is 18.1. The molecule has 1 aromatic rings. The van der Waals surface area contributed by atoms with E-state index in [1.807, 2.05) is 24.3 Å². The lowest BCUT2D eigenvalue weighted by molar-refractivity contribution is -0.137. The zero-order chi connectivity index (χ0) is 19.5. The summed E-state index contributed by atoms with van der Waals surface area (Å²) in [5, 5.41) is 0.746. The molecule has 4 aliphatic carbocycles. The molecule has 4 fully saturated rings. The highest BCUT2D eigenvalue weighted by atomic mass is 35.5. The molecule has 0 N–H and O–H groups in total. The van der Waals surface area contributed by atoms with Crippen LogP contribution in [0.15, 0.2) is 29.8 Å². The van der Waals surface area contributed by atoms with E-state index in [0.29, 0.717) is 17.1 Å². The van der Waals surface area contributed by atoms with Crippen molar-refractivity contribution < 1.29 is 4.79 Å². The summed E-state index contributed by atoms with van der Waals surface area (Å²) in [6.45, 7) is 4.88. The Labute approximate surface area is 174 Å². The maximum atomic E-state index is 13.5. The molecule has 6 atom stereocenters. The van der Waals surface area contributed by atoms with E-state index in [1.54, 1.807) is 0 Å². The molecule has 0 unspecified atom stereocenters. The molecule has 0 spiro atoms. The molecule has 1 nitrogen and oxygen atoms in total. The fourth-order valence-corrected chi connectivity index (χ4v) is 8.06. The second-order valence-corrected chi connectivity index (χ2v) is 11.0. The Bertz CT molecular complexity index is 825. The monoisotopic (exact) mass is 396 g/mol. The standard InChI is InChI=1S/C26H33ClO/c1-25-13-6-5-8-19(25)10-11-20-21(25)12-14-26(2)22(20)16-18(24(26)28)15-17-7-3-4-9-23(17)27/h3-4,7,9,15,19-22H,5-6,8,10-14,16H2,1-2H3/b18-15+/t19-,20+,21-,22-,25-,26-/m0/s1. The SMILES string of the molecule is C[C@]12CCCC[C@H]1CC[C@@H]1[C@@H]2CC[C@]2(C)C(=O)/C(=C/c3ccccc3Cl)C[C@@H]12. The summed E-state index contributed by atoms with van der Waals surface area (Å²) in [4.78, 5) is 13.5. The molecule has 4 saturated carbocycles. The second-order valence-electron chi connectivity index (χ2n) is 10.6. The smallest absolute Gasteiger partial charge is 0.165 e. The minimum Gasteiger partial charge on any atom is -0.294 e. The van der Waals surface area contributed by atoms with E-state index in [0.717, 1.165) is 46.8 Å². The molecule has 28 heavy (non-hydrogen) atoms. The molecular formula is C26H33ClO. The quantitative estimate of drug-likeness (QED) is 0.454. The first-order valence-electron chi connectivity index (χ1n) is 11.4. The second kappa shape index (κ2) is 6.73. The van der Waals surface area contributed by atoms with Crippen molar-refractivity contribution in [3.63, 3.8) is 0 Å². The molecule has 0 aromatic heterocycles. The summed E-state index contributed by atoms with van der Waals surface area (Å²) in [6.07, 6.45) is 13.8. The summed E-state index contributed by atoms with van der Waals surface area (Å²) in [5.74, 6) is 3.44. The van der Waals surface area contributed by atoms with Crippen molar-refractivity contribution in [3.8, 4) is 0 Å². The largest absolute Gasteiger partial charge is 0.294 e. The molecular weight excluding hydrogens is 364 g/mol. The van der Waals surface area contributed by atoms with Crippen molar-refractivity contribution >= 4 is 23.5 Å². The van der Waals surface area contributed by atoms with E-state index in [4.69, 9.17) is 11.6 Å². The number of carbonyl (C=O) groups excluding carboxylic acids is 1. The van der Waals surface area contributed by atoms with Gasteiger partial charge in [-0.3, -0.25) is 4.79 Å². The number of fused-ring (bicyclic) bond motifs is 5. The normalized spacial score (nSPS) is 44.1.